The Morgan fingerprint density at radius 3 is 2.10 bits per heavy atom. The highest BCUT2D eigenvalue weighted by Crippen LogP contribution is 2.28. The summed E-state index contributed by atoms with van der Waals surface area (Å²) in [5.74, 6) is -2.58. The van der Waals surface area contributed by atoms with Crippen LogP contribution in [0.5, 0.6) is 0 Å². The van der Waals surface area contributed by atoms with Crippen LogP contribution < -0.4 is 0 Å². The van der Waals surface area contributed by atoms with Crippen LogP contribution in [-0.2, 0) is 19.1 Å². The van der Waals surface area contributed by atoms with Crippen LogP contribution in [0.3, 0.4) is 0 Å². The molecule has 1 N–H and O–H groups in total. The predicted octanol–water partition coefficient (Wildman–Crippen LogP) is 1.24. The molecule has 20 heavy (non-hydrogen) atoms. The van der Waals surface area contributed by atoms with Gasteiger partial charge in [0.25, 0.3) is 0 Å². The van der Waals surface area contributed by atoms with E-state index in [4.69, 9.17) is 9.47 Å². The molecule has 0 aliphatic rings. The van der Waals surface area contributed by atoms with Crippen molar-refractivity contribution in [3.05, 3.63) is 0 Å². The number of nitrogens with zero attached hydrogens (tertiary/aromatic N) is 1. The maximum atomic E-state index is 12.6. The molecule has 0 heterocycles. The molecular formula is C14H27NO5. The molecule has 0 rings (SSSR count). The third-order valence-corrected chi connectivity index (χ3v) is 3.12. The number of ether oxygens (including phenoxy) is 2. The third kappa shape index (κ3) is 5.46. The molecule has 6 nitrogen and oxygen atoms in total. The number of methoxy groups -OCH3 is 2. The molecular weight excluding hydrogens is 262 g/mol. The number of hydrogen-bond donors (Lipinski definition) is 1. The molecule has 0 aliphatic heterocycles. The van der Waals surface area contributed by atoms with Crippen molar-refractivity contribution in [1.82, 2.24) is 4.90 Å². The summed E-state index contributed by atoms with van der Waals surface area (Å²) in [7, 11) is 3.09. The Morgan fingerprint density at radius 2 is 1.75 bits per heavy atom. The Bertz CT molecular complexity index is 324. The number of aliphatic carboxylic acids is 1. The number of rotatable bonds is 8. The van der Waals surface area contributed by atoms with Gasteiger partial charge in [-0.3, -0.25) is 9.59 Å². The van der Waals surface area contributed by atoms with Crippen LogP contribution >= 0.6 is 0 Å². The second kappa shape index (κ2) is 8.21. The van der Waals surface area contributed by atoms with Gasteiger partial charge in [0.2, 0.25) is 5.91 Å². The highest BCUT2D eigenvalue weighted by Gasteiger charge is 2.41. The van der Waals surface area contributed by atoms with Crippen molar-refractivity contribution in [2.45, 2.75) is 33.7 Å². The lowest BCUT2D eigenvalue weighted by molar-refractivity contribution is -0.158. The van der Waals surface area contributed by atoms with E-state index in [9.17, 15) is 14.7 Å². The molecule has 6 heteroatoms. The number of carbonyl (C=O) groups is 2. The van der Waals surface area contributed by atoms with Gasteiger partial charge in [-0.05, 0) is 12.3 Å². The standard InChI is InChI=1S/C14H27NO5/c1-10(9-20-6)15(7-8-19-5)12(16)11(13(17)18)14(2,3)4/h10-11H,7-9H2,1-6H3,(H,17,18). The van der Waals surface area contributed by atoms with Crippen molar-refractivity contribution in [3.63, 3.8) is 0 Å². The minimum absolute atomic E-state index is 0.202. The predicted molar refractivity (Wildman–Crippen MR) is 75.5 cm³/mol. The molecule has 0 aromatic heterocycles. The Labute approximate surface area is 121 Å². The van der Waals surface area contributed by atoms with Crippen LogP contribution in [0.1, 0.15) is 27.7 Å². The zero-order valence-electron chi connectivity index (χ0n) is 13.3. The lowest BCUT2D eigenvalue weighted by atomic mass is 9.79. The first-order chi connectivity index (χ1) is 9.16. The van der Waals surface area contributed by atoms with Crippen molar-refractivity contribution in [3.8, 4) is 0 Å². The Balaban J connectivity index is 5.21. The first-order valence-electron chi connectivity index (χ1n) is 6.68. The zero-order valence-corrected chi connectivity index (χ0v) is 13.3. The van der Waals surface area contributed by atoms with Gasteiger partial charge in [0.1, 0.15) is 5.92 Å². The van der Waals surface area contributed by atoms with E-state index in [2.05, 4.69) is 0 Å². The first kappa shape index (κ1) is 18.9. The maximum absolute atomic E-state index is 12.6. The van der Waals surface area contributed by atoms with Crippen LogP contribution in [0.2, 0.25) is 0 Å². The average molecular weight is 289 g/mol. The summed E-state index contributed by atoms with van der Waals surface area (Å²) in [6, 6.07) is -0.202. The molecule has 0 spiro atoms. The van der Waals surface area contributed by atoms with E-state index in [-0.39, 0.29) is 6.04 Å². The van der Waals surface area contributed by atoms with Crippen LogP contribution in [0.4, 0.5) is 0 Å². The fraction of sp³-hybridized carbons (Fsp3) is 0.857. The molecule has 1 amide bonds. The largest absolute Gasteiger partial charge is 0.481 e. The zero-order chi connectivity index (χ0) is 15.9. The van der Waals surface area contributed by atoms with Gasteiger partial charge in [-0.15, -0.1) is 0 Å². The fourth-order valence-corrected chi connectivity index (χ4v) is 2.08. The highest BCUT2D eigenvalue weighted by atomic mass is 16.5. The SMILES string of the molecule is COCCN(C(=O)C(C(=O)O)C(C)(C)C)C(C)COC. The molecule has 0 aliphatic carbocycles. The smallest absolute Gasteiger partial charge is 0.316 e. The number of carbonyl (C=O) groups excluding carboxylic acids is 1. The Morgan fingerprint density at radius 1 is 1.20 bits per heavy atom. The molecule has 0 fully saturated rings. The topological polar surface area (TPSA) is 76.1 Å². The summed E-state index contributed by atoms with van der Waals surface area (Å²) in [4.78, 5) is 25.5. The van der Waals surface area contributed by atoms with Gasteiger partial charge in [-0.1, -0.05) is 20.8 Å². The second-order valence-electron chi connectivity index (χ2n) is 5.97. The maximum Gasteiger partial charge on any atom is 0.316 e. The molecule has 0 saturated heterocycles. The summed E-state index contributed by atoms with van der Waals surface area (Å²) >= 11 is 0. The summed E-state index contributed by atoms with van der Waals surface area (Å²) in [6.07, 6.45) is 0. The van der Waals surface area contributed by atoms with E-state index in [1.54, 1.807) is 35.0 Å². The van der Waals surface area contributed by atoms with Crippen molar-refractivity contribution < 1.29 is 24.2 Å². The number of carboxylic acid groups (broad SMARTS) is 1. The summed E-state index contributed by atoms with van der Waals surface area (Å²) in [6.45, 7) is 8.14. The van der Waals surface area contributed by atoms with Gasteiger partial charge >= 0.3 is 5.97 Å². The molecule has 2 unspecified atom stereocenters. The molecule has 0 radical (unpaired) electrons. The second-order valence-corrected chi connectivity index (χ2v) is 5.97. The van der Waals surface area contributed by atoms with Gasteiger partial charge in [0, 0.05) is 20.8 Å². The number of carboxylic acids is 1. The van der Waals surface area contributed by atoms with Crippen molar-refractivity contribution in [2.75, 3.05) is 34.0 Å². The van der Waals surface area contributed by atoms with Gasteiger partial charge in [-0.2, -0.15) is 0 Å². The van der Waals surface area contributed by atoms with Crippen LogP contribution in [0.25, 0.3) is 0 Å². The highest BCUT2D eigenvalue weighted by molar-refractivity contribution is 5.97. The number of amides is 1. The van der Waals surface area contributed by atoms with E-state index in [0.717, 1.165) is 0 Å². The minimum atomic E-state index is -1.10. The molecule has 0 aromatic rings. The normalized spacial score (nSPS) is 14.7. The van der Waals surface area contributed by atoms with E-state index in [1.165, 1.54) is 4.90 Å². The van der Waals surface area contributed by atoms with Gasteiger partial charge in [0.05, 0.1) is 19.3 Å². The Hall–Kier alpha value is -1.14. The van der Waals surface area contributed by atoms with Crippen molar-refractivity contribution in [2.24, 2.45) is 11.3 Å². The molecule has 2 atom stereocenters. The van der Waals surface area contributed by atoms with Crippen LogP contribution in [0, 0.1) is 11.3 Å². The first-order valence-corrected chi connectivity index (χ1v) is 6.68. The van der Waals surface area contributed by atoms with Crippen LogP contribution in [0.15, 0.2) is 0 Å². The quantitative estimate of drug-likeness (QED) is 0.680. The number of hydrogen-bond acceptors (Lipinski definition) is 4. The lowest BCUT2D eigenvalue weighted by Gasteiger charge is -2.35. The monoisotopic (exact) mass is 289 g/mol. The van der Waals surface area contributed by atoms with E-state index in [1.807, 2.05) is 6.92 Å². The summed E-state index contributed by atoms with van der Waals surface area (Å²) in [5, 5.41) is 9.36. The van der Waals surface area contributed by atoms with Gasteiger partial charge in [0.15, 0.2) is 0 Å². The summed E-state index contributed by atoms with van der Waals surface area (Å²) < 4.78 is 10.1. The van der Waals surface area contributed by atoms with Crippen molar-refractivity contribution >= 4 is 11.9 Å². The van der Waals surface area contributed by atoms with Crippen molar-refractivity contribution in [1.29, 1.82) is 0 Å². The molecule has 0 bridgehead atoms. The van der Waals surface area contributed by atoms with E-state index >= 15 is 0 Å². The molecule has 0 saturated carbocycles. The van der Waals surface area contributed by atoms with Crippen LogP contribution in [-0.4, -0.2) is 61.9 Å². The lowest BCUT2D eigenvalue weighted by Crippen LogP contribution is -2.50. The van der Waals surface area contributed by atoms with Gasteiger partial charge < -0.3 is 19.5 Å². The average Bonchev–Trinajstić information content (AvgIpc) is 2.27. The molecule has 0 aromatic carbocycles. The fourth-order valence-electron chi connectivity index (χ4n) is 2.08. The van der Waals surface area contributed by atoms with Gasteiger partial charge in [-0.25, -0.2) is 0 Å². The molecule has 118 valence electrons. The summed E-state index contributed by atoms with van der Waals surface area (Å²) in [5.41, 5.74) is -0.652. The van der Waals surface area contributed by atoms with E-state index in [0.29, 0.717) is 19.8 Å². The Kier molecular flexibility index (Phi) is 7.75. The third-order valence-electron chi connectivity index (χ3n) is 3.12. The van der Waals surface area contributed by atoms with E-state index < -0.39 is 23.2 Å². The minimum Gasteiger partial charge on any atom is -0.481 e.